The molecule has 2 aromatic rings. The standard InChI is InChI=1S/C18H20N4O3/c1-11-10-14(13-8-6-5-7-9-13)20-22(11)15-16(12(2)19-17(15)23)25-18(24)21(3)4/h5-10,12H,1-4H3,(H,19,23). The number of carbonyl (C=O) groups is 2. The number of hydrogen-bond donors (Lipinski definition) is 1. The lowest BCUT2D eigenvalue weighted by Crippen LogP contribution is -2.29. The molecular formula is C18H20N4O3. The molecule has 1 aromatic heterocycles. The van der Waals surface area contributed by atoms with E-state index in [1.165, 1.54) is 9.58 Å². The van der Waals surface area contributed by atoms with Crippen molar-refractivity contribution in [2.24, 2.45) is 0 Å². The summed E-state index contributed by atoms with van der Waals surface area (Å²) in [5, 5.41) is 7.31. The monoisotopic (exact) mass is 340 g/mol. The maximum Gasteiger partial charge on any atom is 0.414 e. The lowest BCUT2D eigenvalue weighted by atomic mass is 10.1. The first kappa shape index (κ1) is 16.8. The van der Waals surface area contributed by atoms with Gasteiger partial charge in [-0.15, -0.1) is 0 Å². The Labute approximate surface area is 145 Å². The fraction of sp³-hybridized carbons (Fsp3) is 0.278. The minimum atomic E-state index is -0.538. The summed E-state index contributed by atoms with van der Waals surface area (Å²) in [5.41, 5.74) is 2.71. The van der Waals surface area contributed by atoms with Crippen LogP contribution in [0.4, 0.5) is 4.79 Å². The Bertz CT molecular complexity index is 852. The molecule has 7 heteroatoms. The van der Waals surface area contributed by atoms with E-state index in [1.54, 1.807) is 21.0 Å². The third kappa shape index (κ3) is 3.13. The van der Waals surface area contributed by atoms with E-state index in [2.05, 4.69) is 10.4 Å². The molecule has 2 heterocycles. The normalized spacial score (nSPS) is 16.8. The van der Waals surface area contributed by atoms with Crippen LogP contribution < -0.4 is 5.32 Å². The highest BCUT2D eigenvalue weighted by molar-refractivity contribution is 6.17. The van der Waals surface area contributed by atoms with E-state index >= 15 is 0 Å². The first-order valence-electron chi connectivity index (χ1n) is 7.95. The van der Waals surface area contributed by atoms with Crippen LogP contribution in [0, 0.1) is 6.92 Å². The van der Waals surface area contributed by atoms with Crippen molar-refractivity contribution >= 4 is 17.7 Å². The summed E-state index contributed by atoms with van der Waals surface area (Å²) in [6.07, 6.45) is -0.538. The van der Waals surface area contributed by atoms with E-state index in [9.17, 15) is 9.59 Å². The summed E-state index contributed by atoms with van der Waals surface area (Å²) in [4.78, 5) is 25.7. The van der Waals surface area contributed by atoms with Crippen molar-refractivity contribution in [2.45, 2.75) is 19.9 Å². The van der Waals surface area contributed by atoms with Gasteiger partial charge in [-0.05, 0) is 19.9 Å². The van der Waals surface area contributed by atoms with Gasteiger partial charge in [0.1, 0.15) is 0 Å². The SMILES string of the molecule is Cc1cc(-c2ccccc2)nn1C1=C(OC(=O)N(C)C)C(C)NC1=O. The zero-order valence-electron chi connectivity index (χ0n) is 14.6. The van der Waals surface area contributed by atoms with Gasteiger partial charge < -0.3 is 15.0 Å². The van der Waals surface area contributed by atoms with E-state index < -0.39 is 12.1 Å². The minimum absolute atomic E-state index is 0.238. The molecule has 1 N–H and O–H groups in total. The molecule has 0 radical (unpaired) electrons. The van der Waals surface area contributed by atoms with Gasteiger partial charge in [0.15, 0.2) is 11.5 Å². The third-order valence-electron chi connectivity index (χ3n) is 3.92. The molecule has 0 fully saturated rings. The van der Waals surface area contributed by atoms with Gasteiger partial charge in [0.25, 0.3) is 5.91 Å². The third-order valence-corrected chi connectivity index (χ3v) is 3.92. The minimum Gasteiger partial charge on any atom is -0.410 e. The topological polar surface area (TPSA) is 76.5 Å². The number of rotatable bonds is 3. The molecule has 3 rings (SSSR count). The Morgan fingerprint density at radius 2 is 1.96 bits per heavy atom. The average molecular weight is 340 g/mol. The Morgan fingerprint density at radius 3 is 2.60 bits per heavy atom. The number of nitrogens with one attached hydrogen (secondary N) is 1. The zero-order valence-corrected chi connectivity index (χ0v) is 14.6. The number of hydrogen-bond acceptors (Lipinski definition) is 4. The second-order valence-corrected chi connectivity index (χ2v) is 6.12. The molecule has 7 nitrogen and oxygen atoms in total. The number of nitrogens with zero attached hydrogens (tertiary/aromatic N) is 3. The van der Waals surface area contributed by atoms with Gasteiger partial charge in [0.05, 0.1) is 11.7 Å². The fourth-order valence-electron chi connectivity index (χ4n) is 2.62. The fourth-order valence-corrected chi connectivity index (χ4v) is 2.62. The summed E-state index contributed by atoms with van der Waals surface area (Å²) >= 11 is 0. The van der Waals surface area contributed by atoms with Crippen LogP contribution in [-0.4, -0.2) is 46.8 Å². The maximum atomic E-state index is 12.4. The van der Waals surface area contributed by atoms with Crippen LogP contribution in [0.25, 0.3) is 17.0 Å². The molecule has 0 spiro atoms. The van der Waals surface area contributed by atoms with Crippen molar-refractivity contribution in [1.82, 2.24) is 20.0 Å². The highest BCUT2D eigenvalue weighted by Crippen LogP contribution is 2.27. The van der Waals surface area contributed by atoms with Crippen LogP contribution in [0.3, 0.4) is 0 Å². The lowest BCUT2D eigenvalue weighted by Gasteiger charge is -2.14. The van der Waals surface area contributed by atoms with Crippen molar-refractivity contribution in [1.29, 1.82) is 0 Å². The van der Waals surface area contributed by atoms with Crippen molar-refractivity contribution < 1.29 is 14.3 Å². The van der Waals surface area contributed by atoms with Crippen molar-refractivity contribution in [3.05, 3.63) is 47.9 Å². The molecule has 1 atom stereocenters. The Kier molecular flexibility index (Phi) is 4.31. The quantitative estimate of drug-likeness (QED) is 0.930. The number of aromatic nitrogens is 2. The Hall–Kier alpha value is -3.09. The zero-order chi connectivity index (χ0) is 18.1. The smallest absolute Gasteiger partial charge is 0.410 e. The second-order valence-electron chi connectivity index (χ2n) is 6.12. The van der Waals surface area contributed by atoms with Gasteiger partial charge >= 0.3 is 6.09 Å². The molecule has 1 aromatic carbocycles. The molecule has 2 amide bonds. The van der Waals surface area contributed by atoms with E-state index in [1.807, 2.05) is 43.3 Å². The van der Waals surface area contributed by atoms with Gasteiger partial charge in [0.2, 0.25) is 0 Å². The van der Waals surface area contributed by atoms with Crippen LogP contribution in [0.2, 0.25) is 0 Å². The van der Waals surface area contributed by atoms with Gasteiger partial charge in [-0.1, -0.05) is 30.3 Å². The number of carbonyl (C=O) groups excluding carboxylic acids is 2. The van der Waals surface area contributed by atoms with Crippen LogP contribution in [0.5, 0.6) is 0 Å². The lowest BCUT2D eigenvalue weighted by molar-refractivity contribution is -0.115. The molecule has 1 unspecified atom stereocenters. The predicted octanol–water partition coefficient (Wildman–Crippen LogP) is 2.24. The van der Waals surface area contributed by atoms with Crippen LogP contribution in [0.15, 0.2) is 42.2 Å². The van der Waals surface area contributed by atoms with Crippen LogP contribution >= 0.6 is 0 Å². The second kappa shape index (κ2) is 6.43. The van der Waals surface area contributed by atoms with Crippen LogP contribution in [-0.2, 0) is 9.53 Å². The summed E-state index contributed by atoms with van der Waals surface area (Å²) in [5.74, 6) is -0.0469. The highest BCUT2D eigenvalue weighted by Gasteiger charge is 2.35. The molecule has 1 aliphatic heterocycles. The first-order valence-corrected chi connectivity index (χ1v) is 7.95. The van der Waals surface area contributed by atoms with E-state index in [-0.39, 0.29) is 17.4 Å². The highest BCUT2D eigenvalue weighted by atomic mass is 16.6. The summed E-state index contributed by atoms with van der Waals surface area (Å²) in [7, 11) is 3.17. The van der Waals surface area contributed by atoms with E-state index in [4.69, 9.17) is 4.74 Å². The van der Waals surface area contributed by atoms with E-state index in [0.717, 1.165) is 17.0 Å². The number of aryl methyl sites for hydroxylation is 1. The van der Waals surface area contributed by atoms with Crippen LogP contribution in [0.1, 0.15) is 12.6 Å². The van der Waals surface area contributed by atoms with Gasteiger partial charge in [-0.2, -0.15) is 5.10 Å². The average Bonchev–Trinajstić information content (AvgIpc) is 3.08. The molecule has 25 heavy (non-hydrogen) atoms. The molecule has 0 saturated carbocycles. The molecule has 0 aliphatic carbocycles. The van der Waals surface area contributed by atoms with Gasteiger partial charge in [-0.25, -0.2) is 9.48 Å². The molecular weight excluding hydrogens is 320 g/mol. The van der Waals surface area contributed by atoms with Crippen molar-refractivity contribution in [3.63, 3.8) is 0 Å². The van der Waals surface area contributed by atoms with Crippen molar-refractivity contribution in [3.8, 4) is 11.3 Å². The Morgan fingerprint density at radius 1 is 1.28 bits per heavy atom. The molecule has 1 aliphatic rings. The molecule has 130 valence electrons. The largest absolute Gasteiger partial charge is 0.414 e. The molecule has 0 saturated heterocycles. The first-order chi connectivity index (χ1) is 11.9. The van der Waals surface area contributed by atoms with E-state index in [0.29, 0.717) is 0 Å². The summed E-state index contributed by atoms with van der Waals surface area (Å²) in [6.45, 7) is 3.62. The summed E-state index contributed by atoms with van der Waals surface area (Å²) < 4.78 is 6.94. The Balaban J connectivity index is 2.06. The molecule has 0 bridgehead atoms. The number of benzene rings is 1. The number of ether oxygens (including phenoxy) is 1. The van der Waals surface area contributed by atoms with Gasteiger partial charge in [0, 0.05) is 25.4 Å². The number of amides is 2. The predicted molar refractivity (Wildman–Crippen MR) is 93.4 cm³/mol. The van der Waals surface area contributed by atoms with Crippen molar-refractivity contribution in [2.75, 3.05) is 14.1 Å². The van der Waals surface area contributed by atoms with Gasteiger partial charge in [-0.3, -0.25) is 4.79 Å². The maximum absolute atomic E-state index is 12.4. The summed E-state index contributed by atoms with van der Waals surface area (Å²) in [6, 6.07) is 11.2.